The van der Waals surface area contributed by atoms with Crippen LogP contribution in [0.2, 0.25) is 0 Å². The monoisotopic (exact) mass is 460 g/mol. The van der Waals surface area contributed by atoms with Crippen LogP contribution < -0.4 is 21.2 Å². The molecule has 1 N–H and O–H groups in total. The van der Waals surface area contributed by atoms with Gasteiger partial charge in [-0.05, 0) is 0 Å². The summed E-state index contributed by atoms with van der Waals surface area (Å²) in [5.41, 5.74) is -0.696. The Kier molecular flexibility index (Phi) is 6.92. The Morgan fingerprint density at radius 2 is 0.844 bits per heavy atom. The van der Waals surface area contributed by atoms with Crippen LogP contribution in [0.15, 0.2) is 121 Å². The van der Waals surface area contributed by atoms with Crippen LogP contribution in [0.4, 0.5) is 0 Å². The van der Waals surface area contributed by atoms with E-state index < -0.39 is 19.9 Å². The number of aliphatic hydroxyl groups excluding tert-OH is 1. The Labute approximate surface area is 189 Å². The quantitative estimate of drug-likeness (QED) is 0.397. The average molecular weight is 460 g/mol. The van der Waals surface area contributed by atoms with Gasteiger partial charge in [0.05, 0.1) is 12.3 Å². The average Bonchev–Trinajstić information content (AvgIpc) is 2.88. The maximum absolute atomic E-state index is 14.8. The van der Waals surface area contributed by atoms with E-state index in [9.17, 15) is 14.2 Å². The number of hydrogen-bond acceptors (Lipinski definition) is 3. The Hall–Kier alpha value is -2.70. The minimum atomic E-state index is -3.29. The molecule has 0 saturated carbocycles. The highest BCUT2D eigenvalue weighted by atomic mass is 31.2. The van der Waals surface area contributed by atoms with Crippen LogP contribution in [0.5, 0.6) is 0 Å². The number of benzene rings is 4. The van der Waals surface area contributed by atoms with Gasteiger partial charge >= 0.3 is 0 Å². The summed E-state index contributed by atoms with van der Waals surface area (Å²) in [5.74, 6) is 0. The molecule has 0 spiro atoms. The maximum atomic E-state index is 14.8. The normalized spacial score (nSPS) is 12.9. The first-order valence-corrected chi connectivity index (χ1v) is 14.3. The second-order valence-electron chi connectivity index (χ2n) is 7.76. The van der Waals surface area contributed by atoms with E-state index in [0.717, 1.165) is 0 Å². The van der Waals surface area contributed by atoms with Gasteiger partial charge in [0.25, 0.3) is 0 Å². The molecule has 0 aliphatic heterocycles. The maximum Gasteiger partial charge on any atom is 0.148 e. The van der Waals surface area contributed by atoms with Crippen molar-refractivity contribution in [3.63, 3.8) is 0 Å². The van der Waals surface area contributed by atoms with Crippen molar-refractivity contribution in [2.24, 2.45) is 0 Å². The van der Waals surface area contributed by atoms with Crippen molar-refractivity contribution in [3.8, 4) is 0 Å². The Balaban J connectivity index is 1.88. The zero-order valence-corrected chi connectivity index (χ0v) is 19.5. The lowest BCUT2D eigenvalue weighted by Gasteiger charge is -2.31. The Morgan fingerprint density at radius 3 is 1.16 bits per heavy atom. The van der Waals surface area contributed by atoms with Crippen molar-refractivity contribution in [1.29, 1.82) is 0 Å². The van der Waals surface area contributed by atoms with Crippen molar-refractivity contribution < 1.29 is 14.2 Å². The fourth-order valence-corrected chi connectivity index (χ4v) is 11.1. The topological polar surface area (TPSA) is 54.4 Å². The molecule has 162 valence electrons. The Morgan fingerprint density at radius 1 is 0.531 bits per heavy atom. The van der Waals surface area contributed by atoms with Crippen molar-refractivity contribution in [2.45, 2.75) is 5.66 Å². The van der Waals surface area contributed by atoms with E-state index in [-0.39, 0.29) is 12.8 Å². The van der Waals surface area contributed by atoms with Crippen LogP contribution >= 0.6 is 14.3 Å². The second kappa shape index (κ2) is 9.84. The zero-order chi connectivity index (χ0) is 22.4. The molecule has 0 amide bonds. The standard InChI is InChI=1S/C27H26O3P2/c28-21-27(32(30,25-17-9-3-10-18-25)26-19-11-4-12-20-26)22-31(29,23-13-5-1-6-14-23)24-15-7-2-8-16-24/h1-20,27-28H,21-22H2. The summed E-state index contributed by atoms with van der Waals surface area (Å²) >= 11 is 0. The molecule has 0 fully saturated rings. The minimum Gasteiger partial charge on any atom is -0.396 e. The summed E-state index contributed by atoms with van der Waals surface area (Å²) < 4.78 is 29.5. The van der Waals surface area contributed by atoms with Crippen LogP contribution in [0, 0.1) is 0 Å². The van der Waals surface area contributed by atoms with E-state index in [1.165, 1.54) is 0 Å². The molecule has 0 aliphatic carbocycles. The highest BCUT2D eigenvalue weighted by molar-refractivity contribution is 7.82. The summed E-state index contributed by atoms with van der Waals surface area (Å²) in [6, 6.07) is 37.2. The third kappa shape index (κ3) is 4.30. The van der Waals surface area contributed by atoms with Crippen molar-refractivity contribution in [2.75, 3.05) is 12.8 Å². The van der Waals surface area contributed by atoms with Crippen molar-refractivity contribution >= 4 is 35.5 Å². The second-order valence-corrected chi connectivity index (χ2v) is 13.7. The summed E-state index contributed by atoms with van der Waals surface area (Å²) in [5, 5.41) is 13.3. The predicted octanol–water partition coefficient (Wildman–Crippen LogP) is 4.38. The van der Waals surface area contributed by atoms with Crippen LogP contribution in [0.3, 0.4) is 0 Å². The molecule has 0 saturated heterocycles. The van der Waals surface area contributed by atoms with Gasteiger partial charge in [-0.2, -0.15) is 0 Å². The van der Waals surface area contributed by atoms with Gasteiger partial charge < -0.3 is 14.2 Å². The molecule has 32 heavy (non-hydrogen) atoms. The van der Waals surface area contributed by atoms with Gasteiger partial charge in [0.2, 0.25) is 0 Å². The Bertz CT molecular complexity index is 1140. The van der Waals surface area contributed by atoms with Gasteiger partial charge in [-0.15, -0.1) is 0 Å². The van der Waals surface area contributed by atoms with E-state index >= 15 is 0 Å². The van der Waals surface area contributed by atoms with Gasteiger partial charge in [-0.3, -0.25) is 0 Å². The van der Waals surface area contributed by atoms with E-state index in [1.807, 2.05) is 121 Å². The molecule has 3 nitrogen and oxygen atoms in total. The van der Waals surface area contributed by atoms with Crippen LogP contribution in [-0.4, -0.2) is 23.5 Å². The van der Waals surface area contributed by atoms with Crippen molar-refractivity contribution in [3.05, 3.63) is 121 Å². The molecule has 0 radical (unpaired) electrons. The van der Waals surface area contributed by atoms with Crippen LogP contribution in [0.1, 0.15) is 0 Å². The summed E-state index contributed by atoms with van der Waals surface area (Å²) in [6.45, 7) is -0.329. The lowest BCUT2D eigenvalue weighted by Crippen LogP contribution is -2.34. The zero-order valence-electron chi connectivity index (χ0n) is 17.7. The van der Waals surface area contributed by atoms with Crippen molar-refractivity contribution in [1.82, 2.24) is 0 Å². The van der Waals surface area contributed by atoms with E-state index in [2.05, 4.69) is 0 Å². The summed E-state index contributed by atoms with van der Waals surface area (Å²) in [6.07, 6.45) is 0.110. The third-order valence-electron chi connectivity index (χ3n) is 5.82. The number of rotatable bonds is 8. The molecule has 1 atom stereocenters. The van der Waals surface area contributed by atoms with Gasteiger partial charge in [0, 0.05) is 27.4 Å². The molecule has 0 bridgehead atoms. The summed E-state index contributed by atoms with van der Waals surface area (Å²) in [4.78, 5) is 0. The molecule has 4 rings (SSSR count). The third-order valence-corrected chi connectivity index (χ3v) is 12.8. The molecular formula is C27H26O3P2. The summed E-state index contributed by atoms with van der Waals surface area (Å²) in [7, 11) is -6.46. The molecule has 0 aromatic heterocycles. The molecule has 1 unspecified atom stereocenters. The van der Waals surface area contributed by atoms with Crippen LogP contribution in [0.25, 0.3) is 0 Å². The van der Waals surface area contributed by atoms with Gasteiger partial charge in [0.15, 0.2) is 0 Å². The molecule has 4 aromatic carbocycles. The smallest absolute Gasteiger partial charge is 0.148 e. The first-order valence-electron chi connectivity index (χ1n) is 10.6. The molecule has 4 aromatic rings. The first kappa shape index (κ1) is 22.5. The fraction of sp³-hybridized carbons (Fsp3) is 0.111. The largest absolute Gasteiger partial charge is 0.396 e. The molecule has 0 aliphatic rings. The lowest BCUT2D eigenvalue weighted by atomic mass is 10.4. The van der Waals surface area contributed by atoms with Gasteiger partial charge in [-0.1, -0.05) is 121 Å². The number of hydrogen-bond donors (Lipinski definition) is 1. The molecule has 5 heteroatoms. The van der Waals surface area contributed by atoms with E-state index in [0.29, 0.717) is 21.2 Å². The molecular weight excluding hydrogens is 434 g/mol. The highest BCUT2D eigenvalue weighted by Gasteiger charge is 2.41. The van der Waals surface area contributed by atoms with E-state index in [1.54, 1.807) is 0 Å². The molecule has 0 heterocycles. The highest BCUT2D eigenvalue weighted by Crippen LogP contribution is 2.55. The van der Waals surface area contributed by atoms with Crippen LogP contribution in [-0.2, 0) is 9.13 Å². The number of aliphatic hydroxyl groups is 1. The first-order chi connectivity index (χ1) is 15.6. The van der Waals surface area contributed by atoms with E-state index in [4.69, 9.17) is 0 Å². The van der Waals surface area contributed by atoms with Gasteiger partial charge in [-0.25, -0.2) is 0 Å². The minimum absolute atomic E-state index is 0.110. The predicted molar refractivity (Wildman–Crippen MR) is 135 cm³/mol. The SMILES string of the molecule is O=P(CC(CO)P(=O)(c1ccccc1)c1ccccc1)(c1ccccc1)c1ccccc1. The van der Waals surface area contributed by atoms with Gasteiger partial charge in [0.1, 0.15) is 14.3 Å². The lowest BCUT2D eigenvalue weighted by molar-refractivity contribution is 0.296. The fourth-order valence-electron chi connectivity index (χ4n) is 4.15.